The zero-order valence-electron chi connectivity index (χ0n) is 13.0. The van der Waals surface area contributed by atoms with Gasteiger partial charge in [-0.2, -0.15) is 0 Å². The van der Waals surface area contributed by atoms with Crippen molar-refractivity contribution in [2.24, 2.45) is 11.3 Å². The molecule has 1 atom stereocenters. The Bertz CT molecular complexity index is 587. The van der Waals surface area contributed by atoms with E-state index in [0.29, 0.717) is 33.4 Å². The van der Waals surface area contributed by atoms with Crippen molar-refractivity contribution in [3.8, 4) is 0 Å². The summed E-state index contributed by atoms with van der Waals surface area (Å²) in [6.07, 6.45) is 6.83. The van der Waals surface area contributed by atoms with Gasteiger partial charge in [0.1, 0.15) is 0 Å². The number of rotatable bonds is 6. The minimum atomic E-state index is 0.434. The molecule has 1 aromatic carbocycles. The van der Waals surface area contributed by atoms with E-state index >= 15 is 0 Å². The number of halogens is 1. The Morgan fingerprint density at radius 2 is 2.14 bits per heavy atom. The molecule has 4 heteroatoms. The molecule has 3 rings (SSSR count). The summed E-state index contributed by atoms with van der Waals surface area (Å²) in [5, 5.41) is 11.6. The smallest absolute Gasteiger partial charge is 0.152 e. The fourth-order valence-corrected chi connectivity index (χ4v) is 4.50. The molecule has 1 unspecified atom stereocenters. The van der Waals surface area contributed by atoms with Gasteiger partial charge < -0.3 is 10.7 Å². The van der Waals surface area contributed by atoms with Gasteiger partial charge in [0, 0.05) is 30.4 Å². The maximum atomic E-state index is 11.4. The molecule has 1 spiro atoms. The van der Waals surface area contributed by atoms with Crippen LogP contribution < -0.4 is 5.32 Å². The molecule has 2 N–H and O–H groups in total. The first-order chi connectivity index (χ1) is 10.6. The normalized spacial score (nSPS) is 21.0. The summed E-state index contributed by atoms with van der Waals surface area (Å²) >= 11 is 6.12. The number of carbonyl (C=O) groups is 1. The van der Waals surface area contributed by atoms with E-state index in [-0.39, 0.29) is 0 Å². The van der Waals surface area contributed by atoms with Crippen LogP contribution in [-0.4, -0.2) is 25.6 Å². The Labute approximate surface area is 136 Å². The van der Waals surface area contributed by atoms with Crippen LogP contribution >= 0.6 is 11.6 Å². The second-order valence-corrected chi connectivity index (χ2v) is 7.30. The van der Waals surface area contributed by atoms with Gasteiger partial charge in [-0.3, -0.25) is 4.79 Å². The van der Waals surface area contributed by atoms with Crippen LogP contribution in [0.15, 0.2) is 12.1 Å². The second-order valence-electron chi connectivity index (χ2n) is 6.89. The van der Waals surface area contributed by atoms with Crippen LogP contribution in [0, 0.1) is 16.7 Å². The summed E-state index contributed by atoms with van der Waals surface area (Å²) in [6, 6.07) is 3.84. The molecule has 0 radical (unpaired) electrons. The molecule has 2 aliphatic rings. The lowest BCUT2D eigenvalue weighted by molar-refractivity contribution is -0.0140. The van der Waals surface area contributed by atoms with Crippen LogP contribution in [0.4, 0.5) is 0 Å². The molecular weight excluding hydrogens is 296 g/mol. The average Bonchev–Trinajstić information content (AvgIpc) is 2.43. The topological polar surface area (TPSA) is 53.0 Å². The summed E-state index contributed by atoms with van der Waals surface area (Å²) in [5.74, 6) is 1.10. The molecule has 0 aromatic heterocycles. The first kappa shape index (κ1) is 15.7. The molecule has 1 aliphatic heterocycles. The van der Waals surface area contributed by atoms with Crippen LogP contribution in [0.3, 0.4) is 0 Å². The van der Waals surface area contributed by atoms with Gasteiger partial charge in [-0.1, -0.05) is 31.0 Å². The number of hydrogen-bond donors (Lipinski definition) is 2. The van der Waals surface area contributed by atoms with Crippen molar-refractivity contribution < 1.29 is 4.79 Å². The maximum Gasteiger partial charge on any atom is 0.152 e. The summed E-state index contributed by atoms with van der Waals surface area (Å²) in [4.78, 5) is 11.4. The number of benzene rings is 1. The van der Waals surface area contributed by atoms with E-state index in [0.717, 1.165) is 37.8 Å². The van der Waals surface area contributed by atoms with Crippen molar-refractivity contribution in [2.45, 2.75) is 38.5 Å². The van der Waals surface area contributed by atoms with E-state index in [1.807, 2.05) is 12.1 Å². The molecule has 1 heterocycles. The zero-order chi connectivity index (χ0) is 15.7. The van der Waals surface area contributed by atoms with E-state index in [1.165, 1.54) is 19.1 Å². The van der Waals surface area contributed by atoms with Crippen molar-refractivity contribution in [3.63, 3.8) is 0 Å². The highest BCUT2D eigenvalue weighted by molar-refractivity contribution is 6.33. The van der Waals surface area contributed by atoms with Crippen LogP contribution in [0.5, 0.6) is 0 Å². The van der Waals surface area contributed by atoms with Gasteiger partial charge in [0.2, 0.25) is 0 Å². The summed E-state index contributed by atoms with van der Waals surface area (Å²) in [5.41, 5.74) is 2.86. The van der Waals surface area contributed by atoms with Gasteiger partial charge in [-0.15, -0.1) is 0 Å². The lowest BCUT2D eigenvalue weighted by Gasteiger charge is -2.56. The monoisotopic (exact) mass is 318 g/mol. The Hall–Kier alpha value is -1.19. The van der Waals surface area contributed by atoms with Gasteiger partial charge in [-0.25, -0.2) is 0 Å². The van der Waals surface area contributed by atoms with E-state index in [2.05, 4.69) is 12.2 Å². The van der Waals surface area contributed by atoms with Gasteiger partial charge in [0.25, 0.3) is 0 Å². The average molecular weight is 319 g/mol. The highest BCUT2D eigenvalue weighted by Gasteiger charge is 2.50. The predicted molar refractivity (Wildman–Crippen MR) is 90.4 cm³/mol. The van der Waals surface area contributed by atoms with Crippen molar-refractivity contribution in [1.82, 2.24) is 5.32 Å². The third kappa shape index (κ3) is 2.50. The Morgan fingerprint density at radius 1 is 1.41 bits per heavy atom. The quantitative estimate of drug-likeness (QED) is 0.614. The van der Waals surface area contributed by atoms with Crippen LogP contribution in [0.1, 0.15) is 60.0 Å². The Balaban J connectivity index is 1.91. The molecule has 1 aromatic rings. The fraction of sp³-hybridized carbons (Fsp3) is 0.556. The molecule has 1 aliphatic carbocycles. The van der Waals surface area contributed by atoms with E-state index in [4.69, 9.17) is 17.0 Å². The molecule has 1 saturated heterocycles. The minimum Gasteiger partial charge on any atom is -0.316 e. The summed E-state index contributed by atoms with van der Waals surface area (Å²) < 4.78 is 0. The Morgan fingerprint density at radius 3 is 2.64 bits per heavy atom. The van der Waals surface area contributed by atoms with E-state index in [1.54, 1.807) is 0 Å². The van der Waals surface area contributed by atoms with Crippen LogP contribution in [-0.2, 0) is 0 Å². The molecular formula is C18H23ClN2O. The van der Waals surface area contributed by atoms with E-state index in [9.17, 15) is 4.79 Å². The van der Waals surface area contributed by atoms with Crippen LogP contribution in [0.25, 0.3) is 0 Å². The second kappa shape index (κ2) is 6.13. The SMILES string of the molecule is CCCC(c1ccc(Cl)c(C=O)c1C=N)C1CC2(CNC2)C1. The van der Waals surface area contributed by atoms with Gasteiger partial charge >= 0.3 is 0 Å². The first-order valence-corrected chi connectivity index (χ1v) is 8.50. The molecule has 3 nitrogen and oxygen atoms in total. The van der Waals surface area contributed by atoms with Crippen molar-refractivity contribution in [2.75, 3.05) is 13.1 Å². The number of nitrogens with one attached hydrogen (secondary N) is 2. The standard InChI is InChI=1S/C18H23ClN2O/c1-2-3-13(12-6-18(7-12)10-21-11-18)14-4-5-17(19)16(9-22)15(14)8-20/h4-5,8-9,12-13,20-21H,2-3,6-7,10-11H2,1H3. The summed E-state index contributed by atoms with van der Waals surface area (Å²) in [7, 11) is 0. The predicted octanol–water partition coefficient (Wildman–Crippen LogP) is 4.03. The number of hydrogen-bond acceptors (Lipinski definition) is 3. The number of carbonyl (C=O) groups excluding carboxylic acids is 1. The van der Waals surface area contributed by atoms with Gasteiger partial charge in [0.15, 0.2) is 6.29 Å². The number of aldehydes is 1. The first-order valence-electron chi connectivity index (χ1n) is 8.13. The minimum absolute atomic E-state index is 0.434. The molecule has 1 saturated carbocycles. The maximum absolute atomic E-state index is 11.4. The third-order valence-corrected chi connectivity index (χ3v) is 5.82. The van der Waals surface area contributed by atoms with Crippen molar-refractivity contribution in [3.05, 3.63) is 33.8 Å². The molecule has 22 heavy (non-hydrogen) atoms. The largest absolute Gasteiger partial charge is 0.316 e. The highest BCUT2D eigenvalue weighted by atomic mass is 35.5. The molecule has 118 valence electrons. The van der Waals surface area contributed by atoms with Crippen LogP contribution in [0.2, 0.25) is 5.02 Å². The highest BCUT2D eigenvalue weighted by Crippen LogP contribution is 2.55. The third-order valence-electron chi connectivity index (χ3n) is 5.49. The van der Waals surface area contributed by atoms with Crippen molar-refractivity contribution >= 4 is 24.1 Å². The van der Waals surface area contributed by atoms with Gasteiger partial charge in [-0.05, 0) is 48.1 Å². The van der Waals surface area contributed by atoms with E-state index < -0.39 is 0 Å². The Kier molecular flexibility index (Phi) is 4.37. The molecule has 0 amide bonds. The van der Waals surface area contributed by atoms with Gasteiger partial charge in [0.05, 0.1) is 5.02 Å². The zero-order valence-corrected chi connectivity index (χ0v) is 13.7. The van der Waals surface area contributed by atoms with Crippen molar-refractivity contribution in [1.29, 1.82) is 5.41 Å². The fourth-order valence-electron chi connectivity index (χ4n) is 4.29. The lowest BCUT2D eigenvalue weighted by atomic mass is 9.54. The molecule has 2 fully saturated rings. The lowest BCUT2D eigenvalue weighted by Crippen LogP contribution is -2.61. The molecule has 0 bridgehead atoms. The summed E-state index contributed by atoms with van der Waals surface area (Å²) in [6.45, 7) is 4.51.